The molecular weight excluding hydrogens is 416 g/mol. The molecule has 3 heteroatoms. The van der Waals surface area contributed by atoms with Gasteiger partial charge >= 0.3 is 0 Å². The van der Waals surface area contributed by atoms with E-state index in [0.717, 1.165) is 23.5 Å². The van der Waals surface area contributed by atoms with Crippen LogP contribution in [0.5, 0.6) is 5.75 Å². The zero-order valence-electron chi connectivity index (χ0n) is 19.0. The molecule has 0 radical (unpaired) electrons. The number of allylic oxidation sites excluding steroid dienone is 2. The van der Waals surface area contributed by atoms with Crippen molar-refractivity contribution >= 4 is 17.1 Å². The lowest BCUT2D eigenvalue weighted by Crippen LogP contribution is -2.29. The summed E-state index contributed by atoms with van der Waals surface area (Å²) < 4.78 is 6.00. The van der Waals surface area contributed by atoms with Crippen molar-refractivity contribution in [2.45, 2.75) is 25.0 Å². The van der Waals surface area contributed by atoms with Crippen LogP contribution in [-0.4, -0.2) is 0 Å². The molecular formula is C31H28N2O. The van der Waals surface area contributed by atoms with Crippen molar-refractivity contribution in [1.82, 2.24) is 0 Å². The topological polar surface area (TPSA) is 33.3 Å². The molecule has 2 aliphatic rings. The van der Waals surface area contributed by atoms with Crippen molar-refractivity contribution in [3.63, 3.8) is 0 Å². The van der Waals surface area contributed by atoms with Crippen LogP contribution in [0.15, 0.2) is 115 Å². The third kappa shape index (κ3) is 4.17. The smallest absolute Gasteiger partial charge is 0.119 e. The van der Waals surface area contributed by atoms with Crippen molar-refractivity contribution in [2.75, 3.05) is 10.6 Å². The maximum Gasteiger partial charge on any atom is 0.119 e. The van der Waals surface area contributed by atoms with Crippen LogP contribution in [0.3, 0.4) is 0 Å². The predicted octanol–water partition coefficient (Wildman–Crippen LogP) is 7.84. The molecule has 0 spiro atoms. The van der Waals surface area contributed by atoms with Gasteiger partial charge < -0.3 is 15.4 Å². The van der Waals surface area contributed by atoms with Crippen LogP contribution in [0.2, 0.25) is 0 Å². The maximum atomic E-state index is 6.00. The molecule has 0 aromatic heterocycles. The highest BCUT2D eigenvalue weighted by molar-refractivity contribution is 5.68. The molecule has 0 saturated carbocycles. The van der Waals surface area contributed by atoms with Gasteiger partial charge in [0.15, 0.2) is 0 Å². The van der Waals surface area contributed by atoms with E-state index in [9.17, 15) is 0 Å². The van der Waals surface area contributed by atoms with Crippen molar-refractivity contribution in [3.8, 4) is 5.75 Å². The van der Waals surface area contributed by atoms with E-state index in [-0.39, 0.29) is 6.04 Å². The number of anilines is 3. The third-order valence-electron chi connectivity index (χ3n) is 6.91. The van der Waals surface area contributed by atoms with Gasteiger partial charge in [-0.25, -0.2) is 0 Å². The average molecular weight is 445 g/mol. The second-order valence-electron chi connectivity index (χ2n) is 9.11. The normalized spacial score (nSPS) is 20.2. The van der Waals surface area contributed by atoms with Crippen molar-refractivity contribution in [3.05, 3.63) is 132 Å². The summed E-state index contributed by atoms with van der Waals surface area (Å²) in [6, 6.07) is 36.2. The molecule has 0 fully saturated rings. The first-order valence-corrected chi connectivity index (χ1v) is 12.0. The van der Waals surface area contributed by atoms with E-state index in [1.54, 1.807) is 0 Å². The van der Waals surface area contributed by atoms with Crippen molar-refractivity contribution in [1.29, 1.82) is 0 Å². The fraction of sp³-hybridized carbons (Fsp3) is 0.161. The molecule has 3 nitrogen and oxygen atoms in total. The van der Waals surface area contributed by atoms with E-state index < -0.39 is 0 Å². The highest BCUT2D eigenvalue weighted by atomic mass is 16.5. The van der Waals surface area contributed by atoms with Gasteiger partial charge in [0.2, 0.25) is 0 Å². The fourth-order valence-corrected chi connectivity index (χ4v) is 5.20. The Morgan fingerprint density at radius 3 is 2.35 bits per heavy atom. The zero-order chi connectivity index (χ0) is 22.7. The summed E-state index contributed by atoms with van der Waals surface area (Å²) in [6.45, 7) is 0.587. The molecule has 4 aromatic carbocycles. The molecule has 1 aliphatic heterocycles. The van der Waals surface area contributed by atoms with E-state index in [0.29, 0.717) is 18.4 Å². The minimum absolute atomic E-state index is 0.281. The second kappa shape index (κ2) is 9.11. The van der Waals surface area contributed by atoms with Gasteiger partial charge in [0.05, 0.1) is 6.04 Å². The van der Waals surface area contributed by atoms with E-state index in [1.165, 1.54) is 22.4 Å². The van der Waals surface area contributed by atoms with Gasteiger partial charge in [-0.15, -0.1) is 0 Å². The van der Waals surface area contributed by atoms with Crippen LogP contribution in [0.1, 0.15) is 35.1 Å². The molecule has 2 N–H and O–H groups in total. The molecule has 0 saturated heterocycles. The molecule has 0 bridgehead atoms. The van der Waals surface area contributed by atoms with Gasteiger partial charge in [0, 0.05) is 23.0 Å². The Kier molecular flexibility index (Phi) is 5.52. The maximum absolute atomic E-state index is 6.00. The molecule has 3 atom stereocenters. The summed E-state index contributed by atoms with van der Waals surface area (Å²) >= 11 is 0. The number of ether oxygens (including phenoxy) is 1. The first-order valence-electron chi connectivity index (χ1n) is 12.0. The lowest BCUT2D eigenvalue weighted by molar-refractivity contribution is 0.306. The van der Waals surface area contributed by atoms with E-state index in [4.69, 9.17) is 4.74 Å². The van der Waals surface area contributed by atoms with Crippen LogP contribution in [0.4, 0.5) is 17.1 Å². The minimum Gasteiger partial charge on any atom is -0.489 e. The summed E-state index contributed by atoms with van der Waals surface area (Å²) in [4.78, 5) is 0. The van der Waals surface area contributed by atoms with Crippen LogP contribution in [0.25, 0.3) is 0 Å². The molecule has 0 amide bonds. The Morgan fingerprint density at radius 2 is 1.56 bits per heavy atom. The van der Waals surface area contributed by atoms with Crippen LogP contribution < -0.4 is 15.4 Å². The average Bonchev–Trinajstić information content (AvgIpc) is 3.39. The number of fused-ring (bicyclic) bond motifs is 3. The number of hydrogen-bond acceptors (Lipinski definition) is 3. The molecule has 6 rings (SSSR count). The van der Waals surface area contributed by atoms with Gasteiger partial charge in [-0.2, -0.15) is 0 Å². The van der Waals surface area contributed by atoms with Gasteiger partial charge in [0.1, 0.15) is 12.4 Å². The standard InChI is InChI=1S/C31H28N2O/c1-3-8-22(9-4-1)21-34-26-17-14-23(15-18-26)31-28-13-7-12-27(28)29-20-25(16-19-30(29)33-31)32-24-10-5-2-6-11-24/h1-12,14-20,27-28,31-33H,13,21H2. The summed E-state index contributed by atoms with van der Waals surface area (Å²) in [5.74, 6) is 1.84. The summed E-state index contributed by atoms with van der Waals surface area (Å²) in [6.07, 6.45) is 5.82. The molecule has 4 aromatic rings. The first kappa shape index (κ1) is 20.6. The van der Waals surface area contributed by atoms with Crippen LogP contribution in [0, 0.1) is 5.92 Å². The highest BCUT2D eigenvalue weighted by Gasteiger charge is 2.37. The number of rotatable bonds is 6. The molecule has 1 aliphatic carbocycles. The number of para-hydroxylation sites is 1. The van der Waals surface area contributed by atoms with Crippen molar-refractivity contribution < 1.29 is 4.74 Å². The Morgan fingerprint density at radius 1 is 0.794 bits per heavy atom. The SMILES string of the molecule is C1=CC2c3cc(Nc4ccccc4)ccc3NC(c3ccc(OCc4ccccc4)cc3)C2C1. The number of benzene rings is 4. The Balaban J connectivity index is 1.20. The summed E-state index contributed by atoms with van der Waals surface area (Å²) in [5.41, 5.74) is 7.32. The van der Waals surface area contributed by atoms with Gasteiger partial charge in [-0.1, -0.05) is 72.8 Å². The Hall–Kier alpha value is -3.98. The van der Waals surface area contributed by atoms with E-state index >= 15 is 0 Å². The summed E-state index contributed by atoms with van der Waals surface area (Å²) in [5, 5.41) is 7.39. The second-order valence-corrected chi connectivity index (χ2v) is 9.11. The quantitative estimate of drug-likeness (QED) is 0.297. The van der Waals surface area contributed by atoms with E-state index in [1.807, 2.05) is 24.3 Å². The highest BCUT2D eigenvalue weighted by Crippen LogP contribution is 2.50. The molecule has 168 valence electrons. The monoisotopic (exact) mass is 444 g/mol. The number of nitrogens with one attached hydrogen (secondary N) is 2. The van der Waals surface area contributed by atoms with Gasteiger partial charge in [-0.3, -0.25) is 0 Å². The van der Waals surface area contributed by atoms with Gasteiger partial charge in [-0.05, 0) is 71.5 Å². The van der Waals surface area contributed by atoms with Gasteiger partial charge in [0.25, 0.3) is 0 Å². The third-order valence-corrected chi connectivity index (χ3v) is 6.91. The molecule has 34 heavy (non-hydrogen) atoms. The molecule has 1 heterocycles. The number of hydrogen-bond donors (Lipinski definition) is 2. The fourth-order valence-electron chi connectivity index (χ4n) is 5.20. The molecule has 3 unspecified atom stereocenters. The first-order chi connectivity index (χ1) is 16.8. The lowest BCUT2D eigenvalue weighted by atomic mass is 9.77. The minimum atomic E-state index is 0.281. The zero-order valence-corrected chi connectivity index (χ0v) is 19.0. The Labute approximate surface area is 201 Å². The Bertz CT molecular complexity index is 1280. The largest absolute Gasteiger partial charge is 0.489 e. The predicted molar refractivity (Wildman–Crippen MR) is 140 cm³/mol. The van der Waals surface area contributed by atoms with Crippen LogP contribution in [-0.2, 0) is 6.61 Å². The lowest BCUT2D eigenvalue weighted by Gasteiger charge is -2.37. The summed E-state index contributed by atoms with van der Waals surface area (Å²) in [7, 11) is 0. The van der Waals surface area contributed by atoms with Crippen molar-refractivity contribution in [2.24, 2.45) is 5.92 Å². The van der Waals surface area contributed by atoms with E-state index in [2.05, 4.69) is 102 Å². The van der Waals surface area contributed by atoms with Crippen LogP contribution >= 0.6 is 0 Å².